The summed E-state index contributed by atoms with van der Waals surface area (Å²) in [6, 6.07) is 20.0. The van der Waals surface area contributed by atoms with E-state index in [1.54, 1.807) is 37.4 Å². The first-order chi connectivity index (χ1) is 16.1. The highest BCUT2D eigenvalue weighted by Gasteiger charge is 2.08. The normalized spacial score (nSPS) is 10.6. The number of ether oxygens (including phenoxy) is 4. The quantitative estimate of drug-likeness (QED) is 0.321. The molecule has 0 bridgehead atoms. The van der Waals surface area contributed by atoms with Crippen molar-refractivity contribution in [1.29, 1.82) is 0 Å². The van der Waals surface area contributed by atoms with Crippen LogP contribution in [-0.2, 0) is 11.4 Å². The summed E-state index contributed by atoms with van der Waals surface area (Å²) in [6.07, 6.45) is 1.51. The molecular formula is C25H25ClN2O5. The van der Waals surface area contributed by atoms with E-state index < -0.39 is 5.91 Å². The van der Waals surface area contributed by atoms with E-state index in [1.165, 1.54) is 6.21 Å². The van der Waals surface area contributed by atoms with Crippen LogP contribution in [-0.4, -0.2) is 32.4 Å². The molecule has 1 amide bonds. The van der Waals surface area contributed by atoms with Crippen molar-refractivity contribution in [2.75, 3.05) is 20.3 Å². The van der Waals surface area contributed by atoms with Gasteiger partial charge in [0.25, 0.3) is 5.91 Å². The van der Waals surface area contributed by atoms with Crippen LogP contribution >= 0.6 is 11.6 Å². The molecule has 0 aliphatic heterocycles. The van der Waals surface area contributed by atoms with Crippen molar-refractivity contribution in [3.05, 3.63) is 82.9 Å². The van der Waals surface area contributed by atoms with Crippen molar-refractivity contribution in [3.63, 3.8) is 0 Å². The summed E-state index contributed by atoms with van der Waals surface area (Å²) in [5, 5.41) is 4.61. The molecule has 0 aromatic heterocycles. The van der Waals surface area contributed by atoms with Crippen LogP contribution in [0.25, 0.3) is 0 Å². The smallest absolute Gasteiger partial charge is 0.277 e. The lowest BCUT2D eigenvalue weighted by molar-refractivity contribution is -0.123. The van der Waals surface area contributed by atoms with Crippen molar-refractivity contribution < 1.29 is 23.7 Å². The number of nitrogens with one attached hydrogen (secondary N) is 1. The summed E-state index contributed by atoms with van der Waals surface area (Å²) < 4.78 is 22.2. The third-order valence-corrected chi connectivity index (χ3v) is 4.81. The predicted molar refractivity (Wildman–Crippen MR) is 128 cm³/mol. The Morgan fingerprint density at radius 2 is 1.64 bits per heavy atom. The van der Waals surface area contributed by atoms with Crippen LogP contribution in [0.15, 0.2) is 71.8 Å². The fourth-order valence-electron chi connectivity index (χ4n) is 2.85. The summed E-state index contributed by atoms with van der Waals surface area (Å²) >= 11 is 6.17. The minimum atomic E-state index is -0.399. The van der Waals surface area contributed by atoms with Gasteiger partial charge in [0.1, 0.15) is 6.61 Å². The lowest BCUT2D eigenvalue weighted by Gasteiger charge is -2.12. The molecule has 0 aliphatic carbocycles. The molecule has 7 nitrogen and oxygen atoms in total. The van der Waals surface area contributed by atoms with Gasteiger partial charge in [-0.15, -0.1) is 0 Å². The van der Waals surface area contributed by atoms with E-state index in [-0.39, 0.29) is 6.61 Å². The predicted octanol–water partition coefficient (Wildman–Crippen LogP) is 4.86. The average Bonchev–Trinajstić information content (AvgIpc) is 2.83. The number of rotatable bonds is 11. The highest BCUT2D eigenvalue weighted by atomic mass is 35.5. The molecule has 8 heteroatoms. The number of nitrogens with zero attached hydrogens (tertiary/aromatic N) is 1. The van der Waals surface area contributed by atoms with Crippen molar-refractivity contribution in [2.24, 2.45) is 5.10 Å². The molecule has 0 saturated carbocycles. The molecule has 1 N–H and O–H groups in total. The van der Waals surface area contributed by atoms with Crippen LogP contribution in [0.4, 0.5) is 0 Å². The third-order valence-electron chi connectivity index (χ3n) is 4.44. The molecular weight excluding hydrogens is 444 g/mol. The second-order valence-electron chi connectivity index (χ2n) is 6.75. The van der Waals surface area contributed by atoms with Gasteiger partial charge in [0.05, 0.1) is 19.9 Å². The Hall–Kier alpha value is -3.71. The van der Waals surface area contributed by atoms with E-state index in [1.807, 2.05) is 43.3 Å². The highest BCUT2D eigenvalue weighted by molar-refractivity contribution is 6.31. The van der Waals surface area contributed by atoms with E-state index in [0.717, 1.165) is 11.1 Å². The van der Waals surface area contributed by atoms with Crippen molar-refractivity contribution in [3.8, 4) is 23.0 Å². The molecule has 0 unspecified atom stereocenters. The molecule has 0 aliphatic rings. The van der Waals surface area contributed by atoms with Crippen molar-refractivity contribution in [2.45, 2.75) is 13.5 Å². The number of halogens is 1. The average molecular weight is 469 g/mol. The Bertz CT molecular complexity index is 1100. The lowest BCUT2D eigenvalue weighted by atomic mass is 10.2. The zero-order chi connectivity index (χ0) is 23.5. The Kier molecular flexibility index (Phi) is 8.97. The number of hydrogen-bond donors (Lipinski definition) is 1. The minimum absolute atomic E-state index is 0.195. The summed E-state index contributed by atoms with van der Waals surface area (Å²) in [6.45, 7) is 2.50. The SMILES string of the molecule is CCOc1ccccc1OCC(=O)N/N=C/c1ccc(OCc2ccccc2Cl)c(OC)c1. The number of methoxy groups -OCH3 is 1. The largest absolute Gasteiger partial charge is 0.493 e. The zero-order valence-electron chi connectivity index (χ0n) is 18.4. The van der Waals surface area contributed by atoms with Gasteiger partial charge < -0.3 is 18.9 Å². The molecule has 0 radical (unpaired) electrons. The Balaban J connectivity index is 1.53. The Morgan fingerprint density at radius 1 is 0.939 bits per heavy atom. The van der Waals surface area contributed by atoms with E-state index in [0.29, 0.717) is 41.2 Å². The second kappa shape index (κ2) is 12.4. The maximum Gasteiger partial charge on any atom is 0.277 e. The van der Waals surface area contributed by atoms with Crippen LogP contribution in [0.3, 0.4) is 0 Å². The van der Waals surface area contributed by atoms with Crippen LogP contribution in [0.2, 0.25) is 5.02 Å². The first-order valence-corrected chi connectivity index (χ1v) is 10.7. The number of carbonyl (C=O) groups excluding carboxylic acids is 1. The van der Waals surface area contributed by atoms with E-state index >= 15 is 0 Å². The number of hydrazone groups is 1. The second-order valence-corrected chi connectivity index (χ2v) is 7.16. The summed E-state index contributed by atoms with van der Waals surface area (Å²) in [5.74, 6) is 1.79. The third kappa shape index (κ3) is 7.15. The van der Waals surface area contributed by atoms with Gasteiger partial charge in [0.15, 0.2) is 29.6 Å². The molecule has 3 rings (SSSR count). The van der Waals surface area contributed by atoms with Gasteiger partial charge in [0.2, 0.25) is 0 Å². The number of hydrogen-bond acceptors (Lipinski definition) is 6. The number of para-hydroxylation sites is 2. The molecule has 0 spiro atoms. The van der Waals surface area contributed by atoms with Crippen LogP contribution in [0.5, 0.6) is 23.0 Å². The standard InChI is InChI=1S/C25H25ClN2O5/c1-3-31-21-10-6-7-11-22(21)33-17-25(29)28-27-15-18-12-13-23(24(14-18)30-2)32-16-19-8-4-5-9-20(19)26/h4-15H,3,16-17H2,1-2H3,(H,28,29)/b27-15+. The monoisotopic (exact) mass is 468 g/mol. The fraction of sp³-hybridized carbons (Fsp3) is 0.200. The van der Waals surface area contributed by atoms with Gasteiger partial charge in [-0.05, 0) is 48.9 Å². The van der Waals surface area contributed by atoms with Crippen LogP contribution in [0, 0.1) is 0 Å². The molecule has 172 valence electrons. The van der Waals surface area contributed by atoms with E-state index in [2.05, 4.69) is 10.5 Å². The molecule has 0 heterocycles. The van der Waals surface area contributed by atoms with Gasteiger partial charge in [-0.2, -0.15) is 5.10 Å². The van der Waals surface area contributed by atoms with E-state index in [4.69, 9.17) is 30.5 Å². The van der Waals surface area contributed by atoms with Gasteiger partial charge in [-0.3, -0.25) is 4.79 Å². The molecule has 3 aromatic carbocycles. The van der Waals surface area contributed by atoms with Crippen LogP contribution in [0.1, 0.15) is 18.1 Å². The Labute approximate surface area is 197 Å². The first kappa shape index (κ1) is 23.9. The minimum Gasteiger partial charge on any atom is -0.493 e. The van der Waals surface area contributed by atoms with Gasteiger partial charge in [-0.25, -0.2) is 5.43 Å². The molecule has 0 saturated heterocycles. The van der Waals surface area contributed by atoms with Gasteiger partial charge in [-0.1, -0.05) is 41.9 Å². The molecule has 33 heavy (non-hydrogen) atoms. The first-order valence-electron chi connectivity index (χ1n) is 10.3. The highest BCUT2D eigenvalue weighted by Crippen LogP contribution is 2.29. The van der Waals surface area contributed by atoms with Crippen molar-refractivity contribution >= 4 is 23.7 Å². The fourth-order valence-corrected chi connectivity index (χ4v) is 3.04. The summed E-state index contributed by atoms with van der Waals surface area (Å²) in [4.78, 5) is 12.1. The maximum absolute atomic E-state index is 12.1. The van der Waals surface area contributed by atoms with Gasteiger partial charge >= 0.3 is 0 Å². The topological polar surface area (TPSA) is 78.4 Å². The molecule has 0 atom stereocenters. The Morgan fingerprint density at radius 3 is 2.36 bits per heavy atom. The summed E-state index contributed by atoms with van der Waals surface area (Å²) in [5.41, 5.74) is 4.03. The van der Waals surface area contributed by atoms with Gasteiger partial charge in [0, 0.05) is 10.6 Å². The molecule has 0 fully saturated rings. The van der Waals surface area contributed by atoms with E-state index in [9.17, 15) is 4.79 Å². The number of benzene rings is 3. The number of carbonyl (C=O) groups is 1. The van der Waals surface area contributed by atoms with Crippen molar-refractivity contribution in [1.82, 2.24) is 5.43 Å². The molecule has 3 aromatic rings. The van der Waals surface area contributed by atoms with Crippen LogP contribution < -0.4 is 24.4 Å². The number of amides is 1. The lowest BCUT2D eigenvalue weighted by Crippen LogP contribution is -2.24. The maximum atomic E-state index is 12.1. The summed E-state index contributed by atoms with van der Waals surface area (Å²) in [7, 11) is 1.55. The zero-order valence-corrected chi connectivity index (χ0v) is 19.2.